The fourth-order valence-corrected chi connectivity index (χ4v) is 2.20. The summed E-state index contributed by atoms with van der Waals surface area (Å²) in [7, 11) is 0. The van der Waals surface area contributed by atoms with Crippen LogP contribution in [0, 0.1) is 11.3 Å². The third-order valence-electron chi connectivity index (χ3n) is 2.50. The van der Waals surface area contributed by atoms with Gasteiger partial charge in [0.15, 0.2) is 0 Å². The summed E-state index contributed by atoms with van der Waals surface area (Å²) in [5.74, 6) is 0.394. The van der Waals surface area contributed by atoms with E-state index in [2.05, 4.69) is 23.3 Å². The molecular formula is C13H13N3S. The Morgan fingerprint density at radius 2 is 2.18 bits per heavy atom. The molecule has 2 aromatic rings. The smallest absolute Gasteiger partial charge is 0.0991 e. The molecule has 2 rings (SSSR count). The number of anilines is 1. The summed E-state index contributed by atoms with van der Waals surface area (Å²) in [6.07, 6.45) is 1.83. The Bertz CT molecular complexity index is 496. The Hall–Kier alpha value is -1.86. The Morgan fingerprint density at radius 1 is 1.41 bits per heavy atom. The van der Waals surface area contributed by atoms with Gasteiger partial charge in [0, 0.05) is 29.7 Å². The highest BCUT2D eigenvalue weighted by Crippen LogP contribution is 2.18. The Kier molecular flexibility index (Phi) is 3.73. The lowest BCUT2D eigenvalue weighted by atomic mass is 10.2. The van der Waals surface area contributed by atoms with Crippen molar-refractivity contribution in [2.75, 3.05) is 11.9 Å². The van der Waals surface area contributed by atoms with Gasteiger partial charge in [-0.3, -0.25) is 0 Å². The van der Waals surface area contributed by atoms with Gasteiger partial charge in [0.2, 0.25) is 0 Å². The Morgan fingerprint density at radius 3 is 2.76 bits per heavy atom. The average Bonchev–Trinajstić information content (AvgIpc) is 2.90. The maximum Gasteiger partial charge on any atom is 0.0991 e. The average molecular weight is 243 g/mol. The van der Waals surface area contributed by atoms with Crippen molar-refractivity contribution in [3.05, 3.63) is 46.4 Å². The van der Waals surface area contributed by atoms with Gasteiger partial charge >= 0.3 is 0 Å². The van der Waals surface area contributed by atoms with Crippen LogP contribution in [0.15, 0.2) is 35.8 Å². The first-order valence-corrected chi connectivity index (χ1v) is 6.31. The number of thiazole rings is 1. The molecule has 0 aliphatic carbocycles. The van der Waals surface area contributed by atoms with Crippen LogP contribution < -0.4 is 5.32 Å². The normalized spacial score (nSPS) is 11.8. The van der Waals surface area contributed by atoms with E-state index < -0.39 is 0 Å². The number of nitrogens with one attached hydrogen (secondary N) is 1. The lowest BCUT2D eigenvalue weighted by Crippen LogP contribution is -2.09. The molecule has 4 heteroatoms. The zero-order chi connectivity index (χ0) is 12.1. The minimum Gasteiger partial charge on any atom is -0.384 e. The maximum absolute atomic E-state index is 8.69. The van der Waals surface area contributed by atoms with E-state index >= 15 is 0 Å². The van der Waals surface area contributed by atoms with Crippen LogP contribution in [-0.2, 0) is 0 Å². The lowest BCUT2D eigenvalue weighted by molar-refractivity contribution is 0.795. The van der Waals surface area contributed by atoms with E-state index in [9.17, 15) is 0 Å². The third kappa shape index (κ3) is 3.05. The maximum atomic E-state index is 8.69. The first kappa shape index (κ1) is 11.6. The van der Waals surface area contributed by atoms with Gasteiger partial charge < -0.3 is 5.32 Å². The fourth-order valence-electron chi connectivity index (χ4n) is 1.50. The summed E-state index contributed by atoms with van der Waals surface area (Å²) in [6.45, 7) is 2.99. The van der Waals surface area contributed by atoms with Gasteiger partial charge in [-0.2, -0.15) is 5.26 Å². The van der Waals surface area contributed by atoms with Crippen LogP contribution in [0.4, 0.5) is 5.69 Å². The van der Waals surface area contributed by atoms with Gasteiger partial charge in [-0.05, 0) is 24.3 Å². The summed E-state index contributed by atoms with van der Waals surface area (Å²) in [6, 6.07) is 9.58. The molecule has 0 radical (unpaired) electrons. The first-order valence-electron chi connectivity index (χ1n) is 5.43. The highest BCUT2D eigenvalue weighted by Gasteiger charge is 2.07. The SMILES string of the molecule is CC(CNc1ccc(C#N)cc1)c1nccs1. The molecule has 0 bridgehead atoms. The van der Waals surface area contributed by atoms with Crippen molar-refractivity contribution in [1.29, 1.82) is 5.26 Å². The van der Waals surface area contributed by atoms with Crippen molar-refractivity contribution < 1.29 is 0 Å². The second-order valence-electron chi connectivity index (χ2n) is 3.84. The molecule has 3 nitrogen and oxygen atoms in total. The highest BCUT2D eigenvalue weighted by molar-refractivity contribution is 7.09. The van der Waals surface area contributed by atoms with Gasteiger partial charge in [0.1, 0.15) is 0 Å². The topological polar surface area (TPSA) is 48.7 Å². The van der Waals surface area contributed by atoms with E-state index in [1.807, 2.05) is 35.8 Å². The Balaban J connectivity index is 1.91. The van der Waals surface area contributed by atoms with Gasteiger partial charge in [-0.25, -0.2) is 4.98 Å². The molecule has 0 saturated carbocycles. The standard InChI is InChI=1S/C13H13N3S/c1-10(13-15-6-7-17-13)9-16-12-4-2-11(8-14)3-5-12/h2-7,10,16H,9H2,1H3. The molecule has 0 saturated heterocycles. The molecule has 1 atom stereocenters. The summed E-state index contributed by atoms with van der Waals surface area (Å²) in [5, 5.41) is 15.2. The van der Waals surface area contributed by atoms with Crippen LogP contribution >= 0.6 is 11.3 Å². The zero-order valence-corrected chi connectivity index (χ0v) is 10.4. The van der Waals surface area contributed by atoms with Crippen LogP contribution in [0.3, 0.4) is 0 Å². The molecule has 1 heterocycles. The molecule has 1 N–H and O–H groups in total. The van der Waals surface area contributed by atoms with Crippen LogP contribution in [0.5, 0.6) is 0 Å². The number of benzene rings is 1. The molecule has 86 valence electrons. The number of nitrogens with zero attached hydrogens (tertiary/aromatic N) is 2. The van der Waals surface area contributed by atoms with Crippen molar-refractivity contribution in [1.82, 2.24) is 4.98 Å². The van der Waals surface area contributed by atoms with Gasteiger partial charge in [0.05, 0.1) is 16.6 Å². The molecule has 1 unspecified atom stereocenters. The van der Waals surface area contributed by atoms with Crippen molar-refractivity contribution in [3.8, 4) is 6.07 Å². The molecule has 0 aliphatic rings. The summed E-state index contributed by atoms with van der Waals surface area (Å²) >= 11 is 1.68. The number of nitriles is 1. The number of hydrogen-bond donors (Lipinski definition) is 1. The molecule has 1 aromatic carbocycles. The molecule has 1 aromatic heterocycles. The summed E-state index contributed by atoms with van der Waals surface area (Å²) in [4.78, 5) is 4.29. The highest BCUT2D eigenvalue weighted by atomic mass is 32.1. The number of hydrogen-bond acceptors (Lipinski definition) is 4. The minimum absolute atomic E-state index is 0.394. The minimum atomic E-state index is 0.394. The van der Waals surface area contributed by atoms with Gasteiger partial charge in [0.25, 0.3) is 0 Å². The van der Waals surface area contributed by atoms with Crippen LogP contribution in [0.1, 0.15) is 23.4 Å². The quantitative estimate of drug-likeness (QED) is 0.896. The van der Waals surface area contributed by atoms with Crippen molar-refractivity contribution in [2.24, 2.45) is 0 Å². The van der Waals surface area contributed by atoms with E-state index in [1.54, 1.807) is 11.3 Å². The molecule has 0 spiro atoms. The third-order valence-corrected chi connectivity index (χ3v) is 3.51. The summed E-state index contributed by atoms with van der Waals surface area (Å²) in [5.41, 5.74) is 1.72. The number of rotatable bonds is 4. The van der Waals surface area contributed by atoms with Crippen molar-refractivity contribution in [3.63, 3.8) is 0 Å². The van der Waals surface area contributed by atoms with E-state index in [0.29, 0.717) is 11.5 Å². The van der Waals surface area contributed by atoms with Gasteiger partial charge in [-0.1, -0.05) is 6.92 Å². The fraction of sp³-hybridized carbons (Fsp3) is 0.231. The van der Waals surface area contributed by atoms with Crippen LogP contribution in [0.25, 0.3) is 0 Å². The van der Waals surface area contributed by atoms with E-state index in [1.165, 1.54) is 0 Å². The zero-order valence-electron chi connectivity index (χ0n) is 9.55. The van der Waals surface area contributed by atoms with Crippen LogP contribution in [0.2, 0.25) is 0 Å². The van der Waals surface area contributed by atoms with Crippen LogP contribution in [-0.4, -0.2) is 11.5 Å². The molecule has 0 aliphatic heterocycles. The van der Waals surface area contributed by atoms with E-state index in [0.717, 1.165) is 17.2 Å². The summed E-state index contributed by atoms with van der Waals surface area (Å²) < 4.78 is 0. The first-order chi connectivity index (χ1) is 8.29. The molecule has 0 fully saturated rings. The van der Waals surface area contributed by atoms with Crippen molar-refractivity contribution in [2.45, 2.75) is 12.8 Å². The Labute approximate surface area is 105 Å². The monoisotopic (exact) mass is 243 g/mol. The predicted octanol–water partition coefficient (Wildman–Crippen LogP) is 3.23. The predicted molar refractivity (Wildman–Crippen MR) is 70.2 cm³/mol. The van der Waals surface area contributed by atoms with Crippen molar-refractivity contribution >= 4 is 17.0 Å². The van der Waals surface area contributed by atoms with E-state index in [-0.39, 0.29) is 0 Å². The lowest BCUT2D eigenvalue weighted by Gasteiger charge is -2.11. The van der Waals surface area contributed by atoms with E-state index in [4.69, 9.17) is 5.26 Å². The molecule has 0 amide bonds. The molecular weight excluding hydrogens is 230 g/mol. The van der Waals surface area contributed by atoms with Gasteiger partial charge in [-0.15, -0.1) is 11.3 Å². The second kappa shape index (κ2) is 5.46. The largest absolute Gasteiger partial charge is 0.384 e. The second-order valence-corrected chi connectivity index (χ2v) is 4.77. The molecule has 17 heavy (non-hydrogen) atoms. The number of aromatic nitrogens is 1.